The number of hydrogen-bond donors (Lipinski definition) is 2. The van der Waals surface area contributed by atoms with Gasteiger partial charge in [-0.05, 0) is 70.2 Å². The van der Waals surface area contributed by atoms with E-state index in [1.54, 1.807) is 0 Å². The van der Waals surface area contributed by atoms with E-state index in [-0.39, 0.29) is 11.9 Å². The Bertz CT molecular complexity index is 471. The van der Waals surface area contributed by atoms with Crippen LogP contribution in [0.1, 0.15) is 34.8 Å². The predicted octanol–water partition coefficient (Wildman–Crippen LogP) is 1.40. The topological polar surface area (TPSA) is 44.4 Å². The maximum Gasteiger partial charge on any atom is 0.251 e. The third-order valence-corrected chi connectivity index (χ3v) is 3.74. The van der Waals surface area contributed by atoms with E-state index < -0.39 is 0 Å². The van der Waals surface area contributed by atoms with Crippen molar-refractivity contribution in [1.82, 2.24) is 15.5 Å². The third-order valence-electron chi connectivity index (χ3n) is 3.74. The summed E-state index contributed by atoms with van der Waals surface area (Å²) in [6.07, 6.45) is 2.02. The van der Waals surface area contributed by atoms with Gasteiger partial charge in [0.1, 0.15) is 0 Å². The number of hydrogen-bond acceptors (Lipinski definition) is 3. The van der Waals surface area contributed by atoms with Gasteiger partial charge in [-0.1, -0.05) is 6.07 Å². The van der Waals surface area contributed by atoms with E-state index in [1.165, 1.54) is 11.1 Å². The number of amides is 1. The van der Waals surface area contributed by atoms with Crippen LogP contribution in [-0.2, 0) is 13.0 Å². The summed E-state index contributed by atoms with van der Waals surface area (Å²) in [5, 5.41) is 6.42. The van der Waals surface area contributed by atoms with Crippen molar-refractivity contribution in [1.29, 1.82) is 0 Å². The minimum Gasteiger partial charge on any atom is -0.350 e. The molecule has 1 heterocycles. The van der Waals surface area contributed by atoms with Crippen molar-refractivity contribution in [3.05, 3.63) is 34.9 Å². The molecule has 1 aliphatic heterocycles. The molecule has 1 aromatic rings. The fraction of sp³-hybridized carbons (Fsp3) is 0.562. The Kier molecular flexibility index (Phi) is 5.15. The second kappa shape index (κ2) is 6.86. The largest absolute Gasteiger partial charge is 0.350 e. The molecule has 1 atom stereocenters. The molecule has 0 spiro atoms. The van der Waals surface area contributed by atoms with Crippen LogP contribution < -0.4 is 10.6 Å². The zero-order chi connectivity index (χ0) is 14.5. The second-order valence-corrected chi connectivity index (χ2v) is 5.88. The number of carbonyl (C=O) groups excluding carboxylic acids is 1. The molecule has 1 amide bonds. The van der Waals surface area contributed by atoms with Crippen LogP contribution in [0.5, 0.6) is 0 Å². The fourth-order valence-electron chi connectivity index (χ4n) is 2.45. The van der Waals surface area contributed by atoms with Crippen molar-refractivity contribution in [2.45, 2.75) is 32.4 Å². The molecule has 2 N–H and O–H groups in total. The first kappa shape index (κ1) is 15.0. The van der Waals surface area contributed by atoms with E-state index in [2.05, 4.69) is 28.5 Å². The highest BCUT2D eigenvalue weighted by Crippen LogP contribution is 2.16. The molecular formula is C16H25N3O. The zero-order valence-electron chi connectivity index (χ0n) is 12.7. The SMILES string of the molecule is CC(CCN(C)C)NC(=O)c1ccc2c(c1)CNCC2. The third kappa shape index (κ3) is 4.05. The monoisotopic (exact) mass is 275 g/mol. The molecule has 0 saturated heterocycles. The molecule has 20 heavy (non-hydrogen) atoms. The van der Waals surface area contributed by atoms with Crippen molar-refractivity contribution in [2.75, 3.05) is 27.2 Å². The summed E-state index contributed by atoms with van der Waals surface area (Å²) < 4.78 is 0. The van der Waals surface area contributed by atoms with Crippen LogP contribution in [-0.4, -0.2) is 44.0 Å². The average Bonchev–Trinajstić information content (AvgIpc) is 2.44. The van der Waals surface area contributed by atoms with Crippen LogP contribution in [0.3, 0.4) is 0 Å². The summed E-state index contributed by atoms with van der Waals surface area (Å²) in [6.45, 7) is 4.93. The van der Waals surface area contributed by atoms with Crippen molar-refractivity contribution in [3.8, 4) is 0 Å². The summed E-state index contributed by atoms with van der Waals surface area (Å²) in [5.41, 5.74) is 3.38. The van der Waals surface area contributed by atoms with E-state index in [1.807, 2.05) is 26.2 Å². The van der Waals surface area contributed by atoms with Gasteiger partial charge in [0.05, 0.1) is 0 Å². The quantitative estimate of drug-likeness (QED) is 0.854. The van der Waals surface area contributed by atoms with E-state index in [0.717, 1.165) is 38.0 Å². The molecule has 0 bridgehead atoms. The van der Waals surface area contributed by atoms with E-state index in [9.17, 15) is 4.79 Å². The minimum atomic E-state index is 0.0321. The molecule has 0 fully saturated rings. The number of nitrogens with one attached hydrogen (secondary N) is 2. The van der Waals surface area contributed by atoms with Gasteiger partial charge in [-0.25, -0.2) is 0 Å². The Morgan fingerprint density at radius 3 is 2.95 bits per heavy atom. The zero-order valence-corrected chi connectivity index (χ0v) is 12.7. The summed E-state index contributed by atoms with van der Waals surface area (Å²) in [4.78, 5) is 14.4. The molecule has 2 rings (SSSR count). The highest BCUT2D eigenvalue weighted by molar-refractivity contribution is 5.94. The number of carbonyl (C=O) groups is 1. The first-order valence-corrected chi connectivity index (χ1v) is 7.34. The van der Waals surface area contributed by atoms with Gasteiger partial charge in [0, 0.05) is 18.2 Å². The molecule has 4 nitrogen and oxygen atoms in total. The first-order chi connectivity index (χ1) is 9.56. The molecule has 1 aliphatic rings. The van der Waals surface area contributed by atoms with Crippen LogP contribution in [0, 0.1) is 0 Å². The Morgan fingerprint density at radius 1 is 1.40 bits per heavy atom. The van der Waals surface area contributed by atoms with Crippen molar-refractivity contribution >= 4 is 5.91 Å². The van der Waals surface area contributed by atoms with Gasteiger partial charge in [0.25, 0.3) is 5.91 Å². The lowest BCUT2D eigenvalue weighted by Gasteiger charge is -2.19. The molecule has 0 saturated carbocycles. The molecule has 0 radical (unpaired) electrons. The summed E-state index contributed by atoms with van der Waals surface area (Å²) >= 11 is 0. The first-order valence-electron chi connectivity index (χ1n) is 7.34. The summed E-state index contributed by atoms with van der Waals surface area (Å²) in [5.74, 6) is 0.0321. The van der Waals surface area contributed by atoms with Crippen molar-refractivity contribution in [2.24, 2.45) is 0 Å². The molecular weight excluding hydrogens is 250 g/mol. The predicted molar refractivity (Wildman–Crippen MR) is 82.0 cm³/mol. The Labute approximate surface area is 121 Å². The summed E-state index contributed by atoms with van der Waals surface area (Å²) in [6, 6.07) is 6.25. The van der Waals surface area contributed by atoms with Gasteiger partial charge >= 0.3 is 0 Å². The molecule has 4 heteroatoms. The van der Waals surface area contributed by atoms with Crippen molar-refractivity contribution < 1.29 is 4.79 Å². The number of nitrogens with zero attached hydrogens (tertiary/aromatic N) is 1. The lowest BCUT2D eigenvalue weighted by atomic mass is 9.98. The Morgan fingerprint density at radius 2 is 2.20 bits per heavy atom. The number of benzene rings is 1. The highest BCUT2D eigenvalue weighted by Gasteiger charge is 2.14. The molecule has 0 aliphatic carbocycles. The van der Waals surface area contributed by atoms with Crippen LogP contribution in [0.25, 0.3) is 0 Å². The van der Waals surface area contributed by atoms with Crippen LogP contribution in [0.15, 0.2) is 18.2 Å². The maximum absolute atomic E-state index is 12.2. The molecule has 110 valence electrons. The van der Waals surface area contributed by atoms with Gasteiger partial charge in [-0.15, -0.1) is 0 Å². The van der Waals surface area contributed by atoms with Gasteiger partial charge in [0.15, 0.2) is 0 Å². The number of fused-ring (bicyclic) bond motifs is 1. The lowest BCUT2D eigenvalue weighted by molar-refractivity contribution is 0.0936. The summed E-state index contributed by atoms with van der Waals surface area (Å²) in [7, 11) is 4.09. The number of rotatable bonds is 5. The van der Waals surface area contributed by atoms with E-state index >= 15 is 0 Å². The standard InChI is InChI=1S/C16H25N3O/c1-12(7-9-19(2)3)18-16(20)14-5-4-13-6-8-17-11-15(13)10-14/h4-5,10,12,17H,6-9,11H2,1-3H3,(H,18,20). The van der Waals surface area contributed by atoms with Crippen LogP contribution in [0.2, 0.25) is 0 Å². The van der Waals surface area contributed by atoms with Crippen LogP contribution in [0.4, 0.5) is 0 Å². The smallest absolute Gasteiger partial charge is 0.251 e. The Hall–Kier alpha value is -1.39. The van der Waals surface area contributed by atoms with Gasteiger partial charge in [-0.3, -0.25) is 4.79 Å². The maximum atomic E-state index is 12.2. The van der Waals surface area contributed by atoms with E-state index in [0.29, 0.717) is 0 Å². The Balaban J connectivity index is 1.95. The van der Waals surface area contributed by atoms with Gasteiger partial charge in [-0.2, -0.15) is 0 Å². The van der Waals surface area contributed by atoms with Crippen LogP contribution >= 0.6 is 0 Å². The van der Waals surface area contributed by atoms with Crippen molar-refractivity contribution in [3.63, 3.8) is 0 Å². The molecule has 1 aromatic carbocycles. The average molecular weight is 275 g/mol. The second-order valence-electron chi connectivity index (χ2n) is 5.88. The lowest BCUT2D eigenvalue weighted by Crippen LogP contribution is -2.35. The van der Waals surface area contributed by atoms with E-state index in [4.69, 9.17) is 0 Å². The molecule has 1 unspecified atom stereocenters. The molecule has 0 aromatic heterocycles. The minimum absolute atomic E-state index is 0.0321. The normalized spacial score (nSPS) is 15.8. The fourth-order valence-corrected chi connectivity index (χ4v) is 2.45. The highest BCUT2D eigenvalue weighted by atomic mass is 16.1. The van der Waals surface area contributed by atoms with Gasteiger partial charge < -0.3 is 15.5 Å². The van der Waals surface area contributed by atoms with Gasteiger partial charge in [0.2, 0.25) is 0 Å².